The van der Waals surface area contributed by atoms with Crippen LogP contribution in [0.4, 0.5) is 0 Å². The van der Waals surface area contributed by atoms with E-state index in [1.807, 2.05) is 13.8 Å². The second-order valence-electron chi connectivity index (χ2n) is 5.36. The highest BCUT2D eigenvalue weighted by atomic mass is 32.2. The fraction of sp³-hybridized carbons (Fsp3) is 0.500. The summed E-state index contributed by atoms with van der Waals surface area (Å²) in [7, 11) is -3.30. The van der Waals surface area contributed by atoms with Crippen molar-refractivity contribution >= 4 is 15.7 Å². The van der Waals surface area contributed by atoms with Gasteiger partial charge in [-0.05, 0) is 31.5 Å². The molecular weight excluding hydrogens is 276 g/mol. The molecule has 6 heteroatoms. The Labute approximate surface area is 119 Å². The molecule has 0 radical (unpaired) electrons. The number of nitrogens with one attached hydrogen (secondary N) is 1. The van der Waals surface area contributed by atoms with Crippen molar-refractivity contribution in [1.82, 2.24) is 10.2 Å². The van der Waals surface area contributed by atoms with E-state index in [1.165, 1.54) is 6.07 Å². The van der Waals surface area contributed by atoms with Gasteiger partial charge in [0, 0.05) is 37.5 Å². The number of rotatable bonds is 2. The Hall–Kier alpha value is -1.40. The molecule has 1 saturated heterocycles. The Morgan fingerprint density at radius 3 is 2.70 bits per heavy atom. The van der Waals surface area contributed by atoms with Crippen LogP contribution in [0.2, 0.25) is 0 Å². The van der Waals surface area contributed by atoms with Crippen LogP contribution in [-0.2, 0) is 9.84 Å². The normalized spacial score (nSPS) is 19.9. The summed E-state index contributed by atoms with van der Waals surface area (Å²) in [5.41, 5.74) is 1.27. The number of nitrogens with zero attached hydrogens (tertiary/aromatic N) is 1. The highest BCUT2D eigenvalue weighted by Gasteiger charge is 2.23. The fourth-order valence-corrected chi connectivity index (χ4v) is 3.00. The maximum atomic E-state index is 12.5. The van der Waals surface area contributed by atoms with E-state index in [0.29, 0.717) is 18.7 Å². The fourth-order valence-electron chi connectivity index (χ4n) is 2.35. The second kappa shape index (κ2) is 5.54. The van der Waals surface area contributed by atoms with Crippen LogP contribution in [-0.4, -0.2) is 51.2 Å². The minimum Gasteiger partial charge on any atom is -0.336 e. The van der Waals surface area contributed by atoms with E-state index in [9.17, 15) is 13.2 Å². The molecule has 2 rings (SSSR count). The van der Waals surface area contributed by atoms with Crippen molar-refractivity contribution in [2.24, 2.45) is 0 Å². The number of carbonyl (C=O) groups excluding carboxylic acids is 1. The van der Waals surface area contributed by atoms with Crippen molar-refractivity contribution in [3.05, 3.63) is 29.3 Å². The Morgan fingerprint density at radius 1 is 1.40 bits per heavy atom. The summed E-state index contributed by atoms with van der Waals surface area (Å²) in [5.74, 6) is -0.0960. The average Bonchev–Trinajstić information content (AvgIpc) is 2.37. The predicted molar refractivity (Wildman–Crippen MR) is 77.7 cm³/mol. The summed E-state index contributed by atoms with van der Waals surface area (Å²) >= 11 is 0. The van der Waals surface area contributed by atoms with Crippen LogP contribution >= 0.6 is 0 Å². The van der Waals surface area contributed by atoms with Crippen LogP contribution in [0.25, 0.3) is 0 Å². The maximum absolute atomic E-state index is 12.5. The number of benzene rings is 1. The highest BCUT2D eigenvalue weighted by Crippen LogP contribution is 2.18. The molecule has 1 aromatic rings. The zero-order valence-electron chi connectivity index (χ0n) is 12.0. The van der Waals surface area contributed by atoms with E-state index in [0.717, 1.165) is 18.4 Å². The number of amides is 1. The van der Waals surface area contributed by atoms with Gasteiger partial charge in [-0.25, -0.2) is 8.42 Å². The standard InChI is InChI=1S/C14H20N2O3S/c1-10-4-5-12(20(3,18)19)8-13(10)14(17)16-7-6-15-11(2)9-16/h4-5,8,11,15H,6-7,9H2,1-3H3/t11-/m1/s1. The maximum Gasteiger partial charge on any atom is 0.254 e. The molecule has 1 aliphatic heterocycles. The smallest absolute Gasteiger partial charge is 0.254 e. The summed E-state index contributed by atoms with van der Waals surface area (Å²) in [6.45, 7) is 5.90. The van der Waals surface area contributed by atoms with Crippen LogP contribution in [0.1, 0.15) is 22.8 Å². The van der Waals surface area contributed by atoms with Crippen molar-refractivity contribution in [2.75, 3.05) is 25.9 Å². The summed E-state index contributed by atoms with van der Waals surface area (Å²) in [5, 5.41) is 3.28. The minimum atomic E-state index is -3.30. The molecule has 0 saturated carbocycles. The Bertz CT molecular complexity index is 625. The molecule has 1 fully saturated rings. The van der Waals surface area contributed by atoms with Crippen LogP contribution < -0.4 is 5.32 Å². The number of aryl methyl sites for hydroxylation is 1. The highest BCUT2D eigenvalue weighted by molar-refractivity contribution is 7.90. The SMILES string of the molecule is Cc1ccc(S(C)(=O)=O)cc1C(=O)N1CCN[C@H](C)C1. The molecular formula is C14H20N2O3S. The van der Waals surface area contributed by atoms with Gasteiger partial charge in [0.25, 0.3) is 5.91 Å². The topological polar surface area (TPSA) is 66.5 Å². The lowest BCUT2D eigenvalue weighted by atomic mass is 10.1. The van der Waals surface area contributed by atoms with E-state index in [-0.39, 0.29) is 16.8 Å². The van der Waals surface area contributed by atoms with E-state index in [1.54, 1.807) is 17.0 Å². The molecule has 0 spiro atoms. The Balaban J connectivity index is 2.34. The molecule has 0 aromatic heterocycles. The molecule has 1 aliphatic rings. The van der Waals surface area contributed by atoms with Crippen molar-refractivity contribution in [2.45, 2.75) is 24.8 Å². The van der Waals surface area contributed by atoms with Crippen LogP contribution in [0.3, 0.4) is 0 Å². The zero-order valence-corrected chi connectivity index (χ0v) is 12.8. The van der Waals surface area contributed by atoms with E-state index in [4.69, 9.17) is 0 Å². The third kappa shape index (κ3) is 3.19. The van der Waals surface area contributed by atoms with Crippen molar-refractivity contribution in [1.29, 1.82) is 0 Å². The molecule has 1 N–H and O–H groups in total. The number of sulfone groups is 1. The molecule has 1 amide bonds. The van der Waals surface area contributed by atoms with Crippen LogP contribution in [0, 0.1) is 6.92 Å². The number of hydrogen-bond acceptors (Lipinski definition) is 4. The van der Waals surface area contributed by atoms with Gasteiger partial charge in [0.1, 0.15) is 0 Å². The number of carbonyl (C=O) groups is 1. The quantitative estimate of drug-likeness (QED) is 0.878. The lowest BCUT2D eigenvalue weighted by Crippen LogP contribution is -2.51. The molecule has 0 bridgehead atoms. The molecule has 1 heterocycles. The summed E-state index contributed by atoms with van der Waals surface area (Å²) in [4.78, 5) is 14.5. The lowest BCUT2D eigenvalue weighted by molar-refractivity contribution is 0.0708. The van der Waals surface area contributed by atoms with E-state index < -0.39 is 9.84 Å². The molecule has 110 valence electrons. The van der Waals surface area contributed by atoms with Crippen LogP contribution in [0.5, 0.6) is 0 Å². The zero-order chi connectivity index (χ0) is 14.9. The third-order valence-electron chi connectivity index (χ3n) is 3.52. The van der Waals surface area contributed by atoms with Crippen molar-refractivity contribution in [3.8, 4) is 0 Å². The largest absolute Gasteiger partial charge is 0.336 e. The number of hydrogen-bond donors (Lipinski definition) is 1. The van der Waals surface area contributed by atoms with Gasteiger partial charge < -0.3 is 10.2 Å². The van der Waals surface area contributed by atoms with E-state index in [2.05, 4.69) is 5.32 Å². The Kier molecular flexibility index (Phi) is 4.15. The average molecular weight is 296 g/mol. The van der Waals surface area contributed by atoms with Gasteiger partial charge in [-0.3, -0.25) is 4.79 Å². The lowest BCUT2D eigenvalue weighted by Gasteiger charge is -2.32. The Morgan fingerprint density at radius 2 is 2.10 bits per heavy atom. The first-order valence-corrected chi connectivity index (χ1v) is 8.51. The van der Waals surface area contributed by atoms with Crippen molar-refractivity contribution < 1.29 is 13.2 Å². The van der Waals surface area contributed by atoms with Gasteiger partial charge >= 0.3 is 0 Å². The van der Waals surface area contributed by atoms with E-state index >= 15 is 0 Å². The molecule has 1 aromatic carbocycles. The predicted octanol–water partition coefficient (Wildman–Crippen LogP) is 0.832. The van der Waals surface area contributed by atoms with Gasteiger partial charge in [0.05, 0.1) is 4.90 Å². The molecule has 1 atom stereocenters. The molecule has 0 unspecified atom stereocenters. The van der Waals surface area contributed by atoms with Crippen molar-refractivity contribution in [3.63, 3.8) is 0 Å². The summed E-state index contributed by atoms with van der Waals surface area (Å²) in [6, 6.07) is 4.97. The third-order valence-corrected chi connectivity index (χ3v) is 4.63. The summed E-state index contributed by atoms with van der Waals surface area (Å²) < 4.78 is 23.2. The van der Waals surface area contributed by atoms with Gasteiger partial charge in [-0.15, -0.1) is 0 Å². The summed E-state index contributed by atoms with van der Waals surface area (Å²) in [6.07, 6.45) is 1.15. The van der Waals surface area contributed by atoms with Gasteiger partial charge in [0.2, 0.25) is 0 Å². The molecule has 20 heavy (non-hydrogen) atoms. The minimum absolute atomic E-state index is 0.0960. The van der Waals surface area contributed by atoms with Gasteiger partial charge in [-0.2, -0.15) is 0 Å². The first kappa shape index (κ1) is 15.0. The molecule has 0 aliphatic carbocycles. The molecule has 5 nitrogen and oxygen atoms in total. The van der Waals surface area contributed by atoms with Gasteiger partial charge in [0.15, 0.2) is 9.84 Å². The van der Waals surface area contributed by atoms with Crippen LogP contribution in [0.15, 0.2) is 23.1 Å². The van der Waals surface area contributed by atoms with Gasteiger partial charge in [-0.1, -0.05) is 6.07 Å². The first-order chi connectivity index (χ1) is 9.29. The monoisotopic (exact) mass is 296 g/mol. The second-order valence-corrected chi connectivity index (χ2v) is 7.37. The number of piperazine rings is 1. The first-order valence-electron chi connectivity index (χ1n) is 6.62.